The molecular formula is C15H16N2O4S. The van der Waals surface area contributed by atoms with Crippen LogP contribution in [0.25, 0.3) is 0 Å². The maximum atomic E-state index is 12.7. The first-order chi connectivity index (χ1) is 10.5. The fourth-order valence-corrected chi connectivity index (χ4v) is 3.45. The molecule has 22 heavy (non-hydrogen) atoms. The van der Waals surface area contributed by atoms with Crippen LogP contribution in [0.3, 0.4) is 0 Å². The number of aliphatic carboxylic acids is 1. The van der Waals surface area contributed by atoms with Crippen LogP contribution in [0.15, 0.2) is 35.5 Å². The van der Waals surface area contributed by atoms with E-state index in [1.54, 1.807) is 31.4 Å². The van der Waals surface area contributed by atoms with Gasteiger partial charge in [0, 0.05) is 23.9 Å². The Balaban J connectivity index is 2.53. The number of thioether (sulfide) groups is 1. The van der Waals surface area contributed by atoms with E-state index in [-0.39, 0.29) is 28.5 Å². The zero-order valence-corrected chi connectivity index (χ0v) is 13.1. The second-order valence-corrected chi connectivity index (χ2v) is 5.60. The van der Waals surface area contributed by atoms with E-state index < -0.39 is 17.8 Å². The lowest BCUT2D eigenvalue weighted by atomic mass is 10.0. The number of carbonyl (C=O) groups is 3. The normalized spacial score (nSPS) is 18.0. The number of ketones is 1. The molecule has 1 aliphatic heterocycles. The zero-order chi connectivity index (χ0) is 16.3. The quantitative estimate of drug-likeness (QED) is 0.801. The SMILES string of the molecule is CCN1C(=O)C(CC(=O)O)=C(C(=O)c2ccccn2)C1SC. The minimum Gasteiger partial charge on any atom is -0.481 e. The van der Waals surface area contributed by atoms with E-state index in [2.05, 4.69) is 4.98 Å². The number of carbonyl (C=O) groups excluding carboxylic acids is 2. The number of rotatable bonds is 6. The average Bonchev–Trinajstić information content (AvgIpc) is 2.78. The monoisotopic (exact) mass is 320 g/mol. The number of carboxylic acids is 1. The molecule has 1 N–H and O–H groups in total. The molecule has 0 aromatic carbocycles. The highest BCUT2D eigenvalue weighted by atomic mass is 32.2. The average molecular weight is 320 g/mol. The third-order valence-electron chi connectivity index (χ3n) is 3.41. The summed E-state index contributed by atoms with van der Waals surface area (Å²) in [6.07, 6.45) is 2.82. The number of aromatic nitrogens is 1. The maximum Gasteiger partial charge on any atom is 0.308 e. The molecule has 0 spiro atoms. The lowest BCUT2D eigenvalue weighted by Gasteiger charge is -2.23. The van der Waals surface area contributed by atoms with Crippen molar-refractivity contribution in [3.63, 3.8) is 0 Å². The molecule has 1 aromatic rings. The first kappa shape index (κ1) is 16.2. The molecule has 1 atom stereocenters. The lowest BCUT2D eigenvalue weighted by molar-refractivity contribution is -0.137. The first-order valence-corrected chi connectivity index (χ1v) is 8.04. The molecule has 116 valence electrons. The Morgan fingerprint density at radius 2 is 2.14 bits per heavy atom. The molecule has 0 saturated carbocycles. The van der Waals surface area contributed by atoms with Crippen LogP contribution >= 0.6 is 11.8 Å². The molecule has 1 aliphatic rings. The third-order valence-corrected chi connectivity index (χ3v) is 4.34. The van der Waals surface area contributed by atoms with Gasteiger partial charge in [0.1, 0.15) is 11.1 Å². The van der Waals surface area contributed by atoms with E-state index in [4.69, 9.17) is 5.11 Å². The van der Waals surface area contributed by atoms with Crippen molar-refractivity contribution < 1.29 is 19.5 Å². The van der Waals surface area contributed by atoms with Crippen molar-refractivity contribution >= 4 is 29.4 Å². The fraction of sp³-hybridized carbons (Fsp3) is 0.333. The lowest BCUT2D eigenvalue weighted by Crippen LogP contribution is -2.34. The van der Waals surface area contributed by atoms with Gasteiger partial charge < -0.3 is 10.0 Å². The van der Waals surface area contributed by atoms with E-state index >= 15 is 0 Å². The number of amides is 1. The Labute approximate surface area is 132 Å². The molecule has 0 aliphatic carbocycles. The summed E-state index contributed by atoms with van der Waals surface area (Å²) in [7, 11) is 0. The third kappa shape index (κ3) is 2.89. The van der Waals surface area contributed by atoms with Crippen LogP contribution in [0.5, 0.6) is 0 Å². The van der Waals surface area contributed by atoms with E-state index in [1.807, 2.05) is 0 Å². The van der Waals surface area contributed by atoms with Gasteiger partial charge in [0.15, 0.2) is 0 Å². The van der Waals surface area contributed by atoms with Gasteiger partial charge in [-0.2, -0.15) is 0 Å². The summed E-state index contributed by atoms with van der Waals surface area (Å²) in [4.78, 5) is 41.7. The molecule has 0 fully saturated rings. The van der Waals surface area contributed by atoms with Crippen LogP contribution in [0.2, 0.25) is 0 Å². The Morgan fingerprint density at radius 1 is 1.41 bits per heavy atom. The van der Waals surface area contributed by atoms with Crippen LogP contribution < -0.4 is 0 Å². The molecule has 0 radical (unpaired) electrons. The fourth-order valence-electron chi connectivity index (χ4n) is 2.46. The van der Waals surface area contributed by atoms with Crippen LogP contribution in [0.4, 0.5) is 0 Å². The second kappa shape index (κ2) is 6.74. The Hall–Kier alpha value is -2.15. The maximum absolute atomic E-state index is 12.7. The summed E-state index contributed by atoms with van der Waals surface area (Å²) in [6.45, 7) is 2.21. The van der Waals surface area contributed by atoms with Crippen LogP contribution in [-0.4, -0.2) is 50.8 Å². The number of likely N-dealkylation sites (N-methyl/N-ethyl adjacent to an activating group) is 1. The van der Waals surface area contributed by atoms with Gasteiger partial charge in [0.25, 0.3) is 5.91 Å². The molecule has 0 saturated heterocycles. The number of Topliss-reactive ketones (excluding diaryl/α,β-unsaturated/α-hetero) is 1. The van der Waals surface area contributed by atoms with Gasteiger partial charge in [0.05, 0.1) is 6.42 Å². The summed E-state index contributed by atoms with van der Waals surface area (Å²) in [6, 6.07) is 4.93. The number of nitrogens with zero attached hydrogens (tertiary/aromatic N) is 2. The smallest absolute Gasteiger partial charge is 0.308 e. The molecule has 0 bridgehead atoms. The van der Waals surface area contributed by atoms with Gasteiger partial charge in [0.2, 0.25) is 5.78 Å². The van der Waals surface area contributed by atoms with E-state index in [1.165, 1.54) is 22.9 Å². The summed E-state index contributed by atoms with van der Waals surface area (Å²) in [5.41, 5.74) is 0.509. The van der Waals surface area contributed by atoms with Crippen molar-refractivity contribution in [3.8, 4) is 0 Å². The largest absolute Gasteiger partial charge is 0.481 e. The number of pyridine rings is 1. The summed E-state index contributed by atoms with van der Waals surface area (Å²) >= 11 is 1.34. The number of hydrogen-bond donors (Lipinski definition) is 1. The van der Waals surface area contributed by atoms with Crippen molar-refractivity contribution in [3.05, 3.63) is 41.2 Å². The van der Waals surface area contributed by atoms with Crippen molar-refractivity contribution in [1.29, 1.82) is 0 Å². The summed E-state index contributed by atoms with van der Waals surface area (Å²) in [5.74, 6) is -1.91. The van der Waals surface area contributed by atoms with Crippen LogP contribution in [-0.2, 0) is 9.59 Å². The molecular weight excluding hydrogens is 304 g/mol. The predicted octanol–water partition coefficient (Wildman–Crippen LogP) is 1.59. The molecule has 2 rings (SSSR count). The van der Waals surface area contributed by atoms with Gasteiger partial charge in [-0.15, -0.1) is 11.8 Å². The Bertz CT molecular complexity index is 642. The minimum atomic E-state index is -1.13. The molecule has 7 heteroatoms. The van der Waals surface area contributed by atoms with Crippen molar-refractivity contribution in [2.24, 2.45) is 0 Å². The summed E-state index contributed by atoms with van der Waals surface area (Å²) < 4.78 is 0. The van der Waals surface area contributed by atoms with E-state index in [9.17, 15) is 14.4 Å². The molecule has 6 nitrogen and oxygen atoms in total. The van der Waals surface area contributed by atoms with Crippen molar-refractivity contribution in [1.82, 2.24) is 9.88 Å². The highest BCUT2D eigenvalue weighted by Gasteiger charge is 2.42. The van der Waals surface area contributed by atoms with Crippen LogP contribution in [0, 0.1) is 0 Å². The van der Waals surface area contributed by atoms with Gasteiger partial charge >= 0.3 is 5.97 Å². The van der Waals surface area contributed by atoms with E-state index in [0.717, 1.165) is 0 Å². The Morgan fingerprint density at radius 3 is 2.64 bits per heavy atom. The highest BCUT2D eigenvalue weighted by molar-refractivity contribution is 7.99. The number of carboxylic acid groups (broad SMARTS) is 1. The van der Waals surface area contributed by atoms with Gasteiger partial charge in [-0.1, -0.05) is 6.07 Å². The van der Waals surface area contributed by atoms with Gasteiger partial charge in [-0.05, 0) is 25.3 Å². The van der Waals surface area contributed by atoms with Crippen LogP contribution in [0.1, 0.15) is 23.8 Å². The van der Waals surface area contributed by atoms with Gasteiger partial charge in [-0.3, -0.25) is 19.4 Å². The molecule has 1 unspecified atom stereocenters. The first-order valence-electron chi connectivity index (χ1n) is 6.75. The predicted molar refractivity (Wildman–Crippen MR) is 82.5 cm³/mol. The molecule has 2 heterocycles. The van der Waals surface area contributed by atoms with Crippen molar-refractivity contribution in [2.75, 3.05) is 12.8 Å². The molecule has 1 amide bonds. The number of hydrogen-bond acceptors (Lipinski definition) is 5. The zero-order valence-electron chi connectivity index (χ0n) is 12.3. The summed E-state index contributed by atoms with van der Waals surface area (Å²) in [5, 5.41) is 8.57. The Kier molecular flexibility index (Phi) is 4.97. The molecule has 1 aromatic heterocycles. The van der Waals surface area contributed by atoms with Crippen molar-refractivity contribution in [2.45, 2.75) is 18.7 Å². The highest BCUT2D eigenvalue weighted by Crippen LogP contribution is 2.35. The second-order valence-electron chi connectivity index (χ2n) is 4.69. The van der Waals surface area contributed by atoms with Gasteiger partial charge in [-0.25, -0.2) is 0 Å². The standard InChI is InChI=1S/C15H16N2O4S/c1-3-17-14(21)9(8-11(18)19)12(15(17)22-2)13(20)10-6-4-5-7-16-10/h4-7,15H,3,8H2,1-2H3,(H,18,19). The minimum absolute atomic E-state index is 0.0596. The topological polar surface area (TPSA) is 87.6 Å². The van der Waals surface area contributed by atoms with E-state index in [0.29, 0.717) is 6.54 Å².